The van der Waals surface area contributed by atoms with Crippen LogP contribution in [0.5, 0.6) is 5.75 Å². The van der Waals surface area contributed by atoms with Crippen molar-refractivity contribution in [2.75, 3.05) is 17.7 Å². The van der Waals surface area contributed by atoms with Gasteiger partial charge in [-0.15, -0.1) is 22.7 Å². The van der Waals surface area contributed by atoms with Gasteiger partial charge in [-0.3, -0.25) is 9.59 Å². The standard InChI is InChI=1S/C28H21ClN4O3S2/c1-36-21-7-2-17(3-8-21)28(29)18(12-27(35)33-20-6-10-23-25(14-20)38-16-31-23)4-11-26(34)32-19-5-9-22-24(13-19)37-15-30-22/h2-11,13-16H,12H2,1H3,(H,32,34)(H,33,35)/b11-4+,28-18-. The third kappa shape index (κ3) is 6.08. The van der Waals surface area contributed by atoms with E-state index in [1.807, 2.05) is 24.3 Å². The summed E-state index contributed by atoms with van der Waals surface area (Å²) in [6.45, 7) is 0. The SMILES string of the molecule is COc1ccc(/C(Cl)=C(\C=C\C(=O)Nc2ccc3ncsc3c2)CC(=O)Nc2ccc3ncsc3c2)cc1. The summed E-state index contributed by atoms with van der Waals surface area (Å²) in [6, 6.07) is 18.2. The molecule has 190 valence electrons. The topological polar surface area (TPSA) is 93.2 Å². The number of ether oxygens (including phenoxy) is 1. The Kier molecular flexibility index (Phi) is 7.78. The number of thiazole rings is 2. The molecule has 0 unspecified atom stereocenters. The van der Waals surface area contributed by atoms with Gasteiger partial charge in [-0.2, -0.15) is 0 Å². The number of anilines is 2. The fourth-order valence-electron chi connectivity index (χ4n) is 3.74. The van der Waals surface area contributed by atoms with Gasteiger partial charge in [0.25, 0.3) is 0 Å². The molecule has 0 aliphatic rings. The van der Waals surface area contributed by atoms with Crippen LogP contribution in [0, 0.1) is 0 Å². The second-order valence-corrected chi connectivity index (χ2v) is 10.3. The van der Waals surface area contributed by atoms with Gasteiger partial charge in [0.2, 0.25) is 11.8 Å². The molecule has 2 heterocycles. The lowest BCUT2D eigenvalue weighted by molar-refractivity contribution is -0.115. The van der Waals surface area contributed by atoms with Crippen molar-refractivity contribution in [1.29, 1.82) is 0 Å². The molecule has 38 heavy (non-hydrogen) atoms. The van der Waals surface area contributed by atoms with Gasteiger partial charge >= 0.3 is 0 Å². The third-order valence-electron chi connectivity index (χ3n) is 5.63. The maximum absolute atomic E-state index is 13.0. The Balaban J connectivity index is 1.36. The molecule has 0 radical (unpaired) electrons. The zero-order valence-electron chi connectivity index (χ0n) is 20.1. The molecule has 5 rings (SSSR count). The van der Waals surface area contributed by atoms with Gasteiger partial charge in [0.1, 0.15) is 5.75 Å². The minimum atomic E-state index is -0.346. The number of methoxy groups -OCH3 is 1. The lowest BCUT2D eigenvalue weighted by Gasteiger charge is -2.10. The molecule has 0 bridgehead atoms. The van der Waals surface area contributed by atoms with Gasteiger partial charge in [0.05, 0.1) is 50.0 Å². The summed E-state index contributed by atoms with van der Waals surface area (Å²) in [5, 5.41) is 6.11. The van der Waals surface area contributed by atoms with E-state index in [4.69, 9.17) is 16.3 Å². The number of hydrogen-bond donors (Lipinski definition) is 2. The van der Waals surface area contributed by atoms with Crippen LogP contribution in [-0.2, 0) is 9.59 Å². The number of halogens is 1. The number of aromatic nitrogens is 2. The molecule has 0 aliphatic heterocycles. The Morgan fingerprint density at radius 3 is 2.08 bits per heavy atom. The average molecular weight is 561 g/mol. The molecule has 0 atom stereocenters. The Labute approximate surface area is 231 Å². The highest BCUT2D eigenvalue weighted by Gasteiger charge is 2.12. The van der Waals surface area contributed by atoms with Crippen LogP contribution in [0.4, 0.5) is 11.4 Å². The van der Waals surface area contributed by atoms with E-state index in [0.29, 0.717) is 33.3 Å². The van der Waals surface area contributed by atoms with E-state index in [2.05, 4.69) is 20.6 Å². The Hall–Kier alpha value is -4.05. The predicted octanol–water partition coefficient (Wildman–Crippen LogP) is 7.09. The smallest absolute Gasteiger partial charge is 0.248 e. The summed E-state index contributed by atoms with van der Waals surface area (Å²) < 4.78 is 7.18. The number of hydrogen-bond acceptors (Lipinski definition) is 7. The van der Waals surface area contributed by atoms with Crippen LogP contribution < -0.4 is 15.4 Å². The van der Waals surface area contributed by atoms with Crippen molar-refractivity contribution < 1.29 is 14.3 Å². The normalized spacial score (nSPS) is 12.1. The van der Waals surface area contributed by atoms with Crippen molar-refractivity contribution in [2.45, 2.75) is 6.42 Å². The summed E-state index contributed by atoms with van der Waals surface area (Å²) >= 11 is 9.74. The molecule has 2 amide bonds. The number of amides is 2. The van der Waals surface area contributed by atoms with Crippen LogP contribution in [0.2, 0.25) is 0 Å². The predicted molar refractivity (Wildman–Crippen MR) is 156 cm³/mol. The van der Waals surface area contributed by atoms with E-state index in [1.54, 1.807) is 60.6 Å². The molecule has 0 spiro atoms. The maximum Gasteiger partial charge on any atom is 0.248 e. The van der Waals surface area contributed by atoms with Crippen LogP contribution in [0.15, 0.2) is 89.4 Å². The lowest BCUT2D eigenvalue weighted by Crippen LogP contribution is -2.13. The first-order valence-electron chi connectivity index (χ1n) is 11.5. The molecule has 2 aromatic heterocycles. The van der Waals surface area contributed by atoms with Crippen molar-refractivity contribution >= 4 is 82.9 Å². The summed E-state index contributed by atoms with van der Waals surface area (Å²) in [5.74, 6) is 0.0710. The van der Waals surface area contributed by atoms with Crippen molar-refractivity contribution in [3.63, 3.8) is 0 Å². The van der Waals surface area contributed by atoms with Gasteiger partial charge in [-0.05, 0) is 71.8 Å². The monoisotopic (exact) mass is 560 g/mol. The average Bonchev–Trinajstić information content (AvgIpc) is 3.59. The van der Waals surface area contributed by atoms with E-state index >= 15 is 0 Å². The number of benzene rings is 3. The number of allylic oxidation sites excluding steroid dienone is 1. The first kappa shape index (κ1) is 25.6. The fraction of sp³-hybridized carbons (Fsp3) is 0.0714. The van der Waals surface area contributed by atoms with E-state index in [0.717, 1.165) is 20.4 Å². The van der Waals surface area contributed by atoms with Crippen LogP contribution in [0.1, 0.15) is 12.0 Å². The number of nitrogens with zero attached hydrogens (tertiary/aromatic N) is 2. The quantitative estimate of drug-likeness (QED) is 0.156. The molecule has 0 saturated heterocycles. The molecule has 0 saturated carbocycles. The van der Waals surface area contributed by atoms with Gasteiger partial charge in [-0.25, -0.2) is 9.97 Å². The molecule has 2 N–H and O–H groups in total. The Bertz CT molecular complexity index is 1690. The van der Waals surface area contributed by atoms with Gasteiger partial charge in [-0.1, -0.05) is 17.7 Å². The molecule has 5 aromatic rings. The maximum atomic E-state index is 13.0. The van der Waals surface area contributed by atoms with Gasteiger partial charge < -0.3 is 15.4 Å². The zero-order chi connectivity index (χ0) is 26.5. The summed E-state index contributed by atoms with van der Waals surface area (Å²) in [5.41, 5.74) is 7.76. The highest BCUT2D eigenvalue weighted by molar-refractivity contribution is 7.17. The van der Waals surface area contributed by atoms with Crippen molar-refractivity contribution in [2.24, 2.45) is 0 Å². The fourth-order valence-corrected chi connectivity index (χ4v) is 5.42. The highest BCUT2D eigenvalue weighted by Crippen LogP contribution is 2.29. The van der Waals surface area contributed by atoms with Crippen LogP contribution in [-0.4, -0.2) is 28.9 Å². The second kappa shape index (κ2) is 11.6. The van der Waals surface area contributed by atoms with Crippen LogP contribution >= 0.6 is 34.3 Å². The summed E-state index contributed by atoms with van der Waals surface area (Å²) in [6.07, 6.45) is 2.90. The zero-order valence-corrected chi connectivity index (χ0v) is 22.5. The molecule has 0 fully saturated rings. The van der Waals surface area contributed by atoms with Crippen LogP contribution in [0.25, 0.3) is 25.5 Å². The van der Waals surface area contributed by atoms with E-state index in [-0.39, 0.29) is 18.2 Å². The molecule has 3 aromatic carbocycles. The molecular weight excluding hydrogens is 540 g/mol. The second-order valence-electron chi connectivity index (χ2n) is 8.18. The van der Waals surface area contributed by atoms with Crippen molar-refractivity contribution in [3.05, 3.63) is 95.0 Å². The summed E-state index contributed by atoms with van der Waals surface area (Å²) in [4.78, 5) is 34.2. The molecular formula is C28H21ClN4O3S2. The molecule has 7 nitrogen and oxygen atoms in total. The first-order valence-corrected chi connectivity index (χ1v) is 13.6. The van der Waals surface area contributed by atoms with E-state index in [1.165, 1.54) is 28.7 Å². The minimum absolute atomic E-state index is 0.0395. The number of carbonyl (C=O) groups is 2. The van der Waals surface area contributed by atoms with E-state index < -0.39 is 0 Å². The third-order valence-corrected chi connectivity index (χ3v) is 7.67. The highest BCUT2D eigenvalue weighted by atomic mass is 35.5. The van der Waals surface area contributed by atoms with Crippen LogP contribution in [0.3, 0.4) is 0 Å². The number of fused-ring (bicyclic) bond motifs is 2. The largest absolute Gasteiger partial charge is 0.497 e. The summed E-state index contributed by atoms with van der Waals surface area (Å²) in [7, 11) is 1.58. The lowest BCUT2D eigenvalue weighted by atomic mass is 10.1. The minimum Gasteiger partial charge on any atom is -0.497 e. The number of nitrogens with one attached hydrogen (secondary N) is 2. The van der Waals surface area contributed by atoms with Crippen molar-refractivity contribution in [1.82, 2.24) is 9.97 Å². The van der Waals surface area contributed by atoms with E-state index in [9.17, 15) is 9.59 Å². The number of rotatable bonds is 8. The van der Waals surface area contributed by atoms with Gasteiger partial charge in [0.15, 0.2) is 0 Å². The first-order chi connectivity index (χ1) is 18.5. The molecule has 0 aliphatic carbocycles. The number of carbonyl (C=O) groups excluding carboxylic acids is 2. The van der Waals surface area contributed by atoms with Crippen molar-refractivity contribution in [3.8, 4) is 5.75 Å². The Morgan fingerprint density at radius 2 is 1.47 bits per heavy atom. The van der Waals surface area contributed by atoms with Gasteiger partial charge in [0, 0.05) is 17.5 Å². The Morgan fingerprint density at radius 1 is 0.868 bits per heavy atom. The molecule has 10 heteroatoms.